The minimum Gasteiger partial charge on any atom is -0.445 e. The van der Waals surface area contributed by atoms with Gasteiger partial charge in [0, 0.05) is 43.6 Å². The summed E-state index contributed by atoms with van der Waals surface area (Å²) in [4.78, 5) is 28.8. The molecule has 0 unspecified atom stereocenters. The SMILES string of the molecule is O=C(OCc1ccc(OC(F)(F)F)cc1)N1C[C@H]2CN(C(=O)c3ccc4[nH]nnc4c3)C[C@@H]2C1. The third-order valence-corrected chi connectivity index (χ3v) is 6.12. The number of ether oxygens (including phenoxy) is 2. The van der Waals surface area contributed by atoms with Crippen molar-refractivity contribution < 1.29 is 32.2 Å². The van der Waals surface area contributed by atoms with Gasteiger partial charge >= 0.3 is 12.5 Å². The molecule has 2 fully saturated rings. The molecule has 1 aromatic heterocycles. The van der Waals surface area contributed by atoms with Gasteiger partial charge in [0.1, 0.15) is 17.9 Å². The highest BCUT2D eigenvalue weighted by Gasteiger charge is 2.43. The number of rotatable bonds is 4. The number of benzene rings is 2. The third-order valence-electron chi connectivity index (χ3n) is 6.12. The molecule has 0 radical (unpaired) electrons. The Labute approximate surface area is 191 Å². The highest BCUT2D eigenvalue weighted by Crippen LogP contribution is 2.32. The van der Waals surface area contributed by atoms with E-state index >= 15 is 0 Å². The summed E-state index contributed by atoms with van der Waals surface area (Å²) in [6.07, 6.45) is -5.24. The van der Waals surface area contributed by atoms with Crippen molar-refractivity contribution in [2.24, 2.45) is 11.8 Å². The van der Waals surface area contributed by atoms with Crippen molar-refractivity contribution in [1.82, 2.24) is 25.2 Å². The van der Waals surface area contributed by atoms with Crippen LogP contribution >= 0.6 is 0 Å². The largest absolute Gasteiger partial charge is 0.573 e. The van der Waals surface area contributed by atoms with Crippen molar-refractivity contribution in [3.8, 4) is 5.75 Å². The number of nitrogens with zero attached hydrogens (tertiary/aromatic N) is 4. The van der Waals surface area contributed by atoms with Crippen molar-refractivity contribution in [3.05, 3.63) is 53.6 Å². The van der Waals surface area contributed by atoms with E-state index in [9.17, 15) is 22.8 Å². The van der Waals surface area contributed by atoms with E-state index in [1.807, 2.05) is 0 Å². The van der Waals surface area contributed by atoms with E-state index in [-0.39, 0.29) is 30.1 Å². The lowest BCUT2D eigenvalue weighted by Crippen LogP contribution is -2.35. The van der Waals surface area contributed by atoms with E-state index < -0.39 is 12.5 Å². The summed E-state index contributed by atoms with van der Waals surface area (Å²) < 4.78 is 45.9. The van der Waals surface area contributed by atoms with E-state index in [1.165, 1.54) is 24.3 Å². The summed E-state index contributed by atoms with van der Waals surface area (Å²) in [5, 5.41) is 10.4. The Balaban J connectivity index is 1.11. The average molecular weight is 475 g/mol. The van der Waals surface area contributed by atoms with Gasteiger partial charge in [0.05, 0.1) is 5.52 Å². The number of aromatic amines is 1. The second-order valence-corrected chi connectivity index (χ2v) is 8.43. The van der Waals surface area contributed by atoms with Crippen LogP contribution in [0.5, 0.6) is 5.75 Å². The molecule has 178 valence electrons. The first-order valence-electron chi connectivity index (χ1n) is 10.6. The monoisotopic (exact) mass is 475 g/mol. The number of hydrogen-bond acceptors (Lipinski definition) is 6. The van der Waals surface area contributed by atoms with Gasteiger partial charge < -0.3 is 19.3 Å². The molecule has 12 heteroatoms. The van der Waals surface area contributed by atoms with Crippen molar-refractivity contribution in [2.75, 3.05) is 26.2 Å². The van der Waals surface area contributed by atoms with Crippen LogP contribution in [-0.2, 0) is 11.3 Å². The van der Waals surface area contributed by atoms with E-state index in [4.69, 9.17) is 4.74 Å². The van der Waals surface area contributed by atoms with Crippen LogP contribution in [0, 0.1) is 11.8 Å². The first kappa shape index (κ1) is 22.0. The predicted molar refractivity (Wildman–Crippen MR) is 112 cm³/mol. The zero-order valence-electron chi connectivity index (χ0n) is 17.8. The number of carbonyl (C=O) groups excluding carboxylic acids is 2. The van der Waals surface area contributed by atoms with Crippen molar-refractivity contribution in [3.63, 3.8) is 0 Å². The summed E-state index contributed by atoms with van der Waals surface area (Å²) in [5.74, 6) is -0.0986. The normalized spacial score (nSPS) is 20.0. The van der Waals surface area contributed by atoms with Crippen LogP contribution in [0.2, 0.25) is 0 Å². The van der Waals surface area contributed by atoms with E-state index in [0.717, 1.165) is 5.52 Å². The Morgan fingerprint density at radius 3 is 2.35 bits per heavy atom. The van der Waals surface area contributed by atoms with Crippen LogP contribution in [0.1, 0.15) is 15.9 Å². The molecule has 0 spiro atoms. The summed E-state index contributed by atoms with van der Waals surface area (Å²) in [7, 11) is 0. The molecule has 34 heavy (non-hydrogen) atoms. The summed E-state index contributed by atoms with van der Waals surface area (Å²) in [6.45, 7) is 1.99. The summed E-state index contributed by atoms with van der Waals surface area (Å²) in [5.41, 5.74) is 2.48. The van der Waals surface area contributed by atoms with E-state index in [2.05, 4.69) is 20.1 Å². The van der Waals surface area contributed by atoms with Crippen molar-refractivity contribution in [2.45, 2.75) is 13.0 Å². The first-order valence-corrected chi connectivity index (χ1v) is 10.6. The first-order chi connectivity index (χ1) is 16.2. The van der Waals surface area contributed by atoms with Gasteiger partial charge in [0.15, 0.2) is 0 Å². The summed E-state index contributed by atoms with van der Waals surface area (Å²) >= 11 is 0. The number of amides is 2. The highest BCUT2D eigenvalue weighted by atomic mass is 19.4. The fourth-order valence-electron chi connectivity index (χ4n) is 4.49. The fraction of sp³-hybridized carbons (Fsp3) is 0.364. The van der Waals surface area contributed by atoms with Gasteiger partial charge in [0.2, 0.25) is 0 Å². The number of likely N-dealkylation sites (tertiary alicyclic amines) is 2. The maximum absolute atomic E-state index is 12.9. The molecule has 2 aliphatic heterocycles. The molecule has 0 saturated carbocycles. The number of aromatic nitrogens is 3. The van der Waals surface area contributed by atoms with E-state index in [1.54, 1.807) is 28.0 Å². The molecule has 5 rings (SSSR count). The third kappa shape index (κ3) is 4.61. The van der Waals surface area contributed by atoms with Crippen LogP contribution in [0.3, 0.4) is 0 Å². The van der Waals surface area contributed by atoms with Gasteiger partial charge in [-0.1, -0.05) is 17.3 Å². The molecular formula is C22H20F3N5O4. The zero-order valence-corrected chi connectivity index (χ0v) is 17.8. The van der Waals surface area contributed by atoms with Crippen LogP contribution < -0.4 is 4.74 Å². The molecule has 2 amide bonds. The molecule has 2 saturated heterocycles. The number of hydrogen-bond donors (Lipinski definition) is 1. The topological polar surface area (TPSA) is 101 Å². The number of fused-ring (bicyclic) bond motifs is 2. The molecule has 9 nitrogen and oxygen atoms in total. The number of H-pyrrole nitrogens is 1. The van der Waals surface area contributed by atoms with E-state index in [0.29, 0.717) is 42.8 Å². The number of carbonyl (C=O) groups is 2. The maximum Gasteiger partial charge on any atom is 0.573 e. The number of nitrogens with one attached hydrogen (secondary N) is 1. The molecule has 2 atom stereocenters. The van der Waals surface area contributed by atoms with Crippen LogP contribution in [0.4, 0.5) is 18.0 Å². The highest BCUT2D eigenvalue weighted by molar-refractivity contribution is 5.97. The molecule has 0 aliphatic carbocycles. The molecule has 1 N–H and O–H groups in total. The second kappa shape index (κ2) is 8.50. The standard InChI is InChI=1S/C22H20F3N5O4/c23-22(24,25)34-17-4-1-13(2-5-17)12-33-21(32)30-10-15-8-29(9-16(15)11-30)20(31)14-3-6-18-19(7-14)27-28-26-18/h1-7,15-16H,8-12H2,(H,26,27,28)/t15-,16-/m1/s1. The summed E-state index contributed by atoms with van der Waals surface area (Å²) in [6, 6.07) is 10.4. The van der Waals surface area contributed by atoms with Gasteiger partial charge in [0.25, 0.3) is 5.91 Å². The molecule has 0 bridgehead atoms. The number of alkyl halides is 3. The lowest BCUT2D eigenvalue weighted by molar-refractivity contribution is -0.274. The lowest BCUT2D eigenvalue weighted by atomic mass is 10.0. The van der Waals surface area contributed by atoms with Gasteiger partial charge in [-0.3, -0.25) is 9.89 Å². The van der Waals surface area contributed by atoms with Gasteiger partial charge in [-0.15, -0.1) is 18.3 Å². The van der Waals surface area contributed by atoms with Crippen LogP contribution in [0.25, 0.3) is 11.0 Å². The van der Waals surface area contributed by atoms with Crippen LogP contribution in [-0.4, -0.2) is 69.8 Å². The number of halogens is 3. The predicted octanol–water partition coefficient (Wildman–Crippen LogP) is 3.20. The minimum atomic E-state index is -4.76. The zero-order chi connectivity index (χ0) is 23.9. The van der Waals surface area contributed by atoms with Crippen LogP contribution in [0.15, 0.2) is 42.5 Å². The Morgan fingerprint density at radius 2 is 1.68 bits per heavy atom. The lowest BCUT2D eigenvalue weighted by Gasteiger charge is -2.21. The van der Waals surface area contributed by atoms with Crippen molar-refractivity contribution in [1.29, 1.82) is 0 Å². The van der Waals surface area contributed by atoms with Gasteiger partial charge in [-0.2, -0.15) is 0 Å². The maximum atomic E-state index is 12.9. The quantitative estimate of drug-likeness (QED) is 0.622. The Hall–Kier alpha value is -3.83. The Bertz CT molecular complexity index is 1200. The molecule has 3 heterocycles. The molecule has 2 aliphatic rings. The minimum absolute atomic E-state index is 0.0634. The van der Waals surface area contributed by atoms with Gasteiger partial charge in [-0.05, 0) is 35.9 Å². The smallest absolute Gasteiger partial charge is 0.445 e. The molecule has 2 aromatic carbocycles. The molecular weight excluding hydrogens is 455 g/mol. The Kier molecular flexibility index (Phi) is 5.50. The fourth-order valence-corrected chi connectivity index (χ4v) is 4.49. The van der Waals surface area contributed by atoms with Gasteiger partial charge in [-0.25, -0.2) is 4.79 Å². The Morgan fingerprint density at radius 1 is 1.00 bits per heavy atom. The second-order valence-electron chi connectivity index (χ2n) is 8.43. The average Bonchev–Trinajstić information content (AvgIpc) is 3.51. The molecule has 3 aromatic rings. The van der Waals surface area contributed by atoms with Crippen molar-refractivity contribution >= 4 is 23.0 Å².